The van der Waals surface area contributed by atoms with E-state index in [1.807, 2.05) is 0 Å². The van der Waals surface area contributed by atoms with Gasteiger partial charge in [-0.2, -0.15) is 52.7 Å². The molecule has 27 heteroatoms. The van der Waals surface area contributed by atoms with E-state index in [1.54, 1.807) is 12.2 Å². The van der Waals surface area contributed by atoms with Crippen LogP contribution in [0.5, 0.6) is 0 Å². The van der Waals surface area contributed by atoms with E-state index < -0.39 is 125 Å². The number of amides is 2. The van der Waals surface area contributed by atoms with E-state index in [2.05, 4.69) is 26.6 Å². The van der Waals surface area contributed by atoms with Crippen LogP contribution in [0.2, 0.25) is 10.0 Å². The molecule has 0 bridgehead atoms. The van der Waals surface area contributed by atoms with Crippen molar-refractivity contribution in [1.29, 1.82) is 0 Å². The molecule has 0 aliphatic carbocycles. The maximum absolute atomic E-state index is 14.4. The molecule has 0 aromatic heterocycles. The van der Waals surface area contributed by atoms with Gasteiger partial charge in [-0.15, -0.1) is 0 Å². The maximum Gasteiger partial charge on any atom is 0.435 e. The van der Waals surface area contributed by atoms with Crippen LogP contribution in [0.3, 0.4) is 0 Å². The third-order valence-electron chi connectivity index (χ3n) is 7.80. The minimum absolute atomic E-state index is 0.00627. The van der Waals surface area contributed by atoms with Crippen molar-refractivity contribution < 1.29 is 89.3 Å². The number of halogens is 20. The summed E-state index contributed by atoms with van der Waals surface area (Å²) in [6.07, 6.45) is -25.7. The number of nitrogens with one attached hydrogen (secondary N) is 3. The molecule has 6 N–H and O–H groups in total. The summed E-state index contributed by atoms with van der Waals surface area (Å²) in [6.45, 7) is 2.02. The van der Waals surface area contributed by atoms with E-state index in [0.29, 0.717) is 6.54 Å². The molecule has 62 heavy (non-hydrogen) atoms. The zero-order valence-electron chi connectivity index (χ0n) is 30.4. The SMILES string of the molecule is CCNc1cccc(C(=O)Nc2c(Cl)cc(C(F)(C(F)(F)F)C(F)(F)F)cc2Br)c1F.CO.Nc1cccc(C(=O)Nc2c(F)cc(C(F)(C(F)(F)F)C(F)(F)F)cc2Cl)c1F. The highest BCUT2D eigenvalue weighted by Crippen LogP contribution is 2.56. The first-order valence-electron chi connectivity index (χ1n) is 16.0. The fourth-order valence-corrected chi connectivity index (χ4v) is 6.08. The Kier molecular flexibility index (Phi) is 17.0. The van der Waals surface area contributed by atoms with E-state index in [4.69, 9.17) is 34.0 Å². The Hall–Kier alpha value is -4.75. The van der Waals surface area contributed by atoms with Gasteiger partial charge in [0.2, 0.25) is 0 Å². The molecule has 0 saturated carbocycles. The topological polar surface area (TPSA) is 116 Å². The smallest absolute Gasteiger partial charge is 0.400 e. The first-order valence-corrected chi connectivity index (χ1v) is 17.6. The Labute approximate surface area is 355 Å². The lowest BCUT2D eigenvalue weighted by Crippen LogP contribution is -2.50. The summed E-state index contributed by atoms with van der Waals surface area (Å²) in [5.74, 6) is -6.52. The molecule has 0 spiro atoms. The minimum atomic E-state index is -6.49. The lowest BCUT2D eigenvalue weighted by molar-refractivity contribution is -0.349. The highest BCUT2D eigenvalue weighted by atomic mass is 79.9. The molecule has 0 unspecified atom stereocenters. The predicted octanol–water partition coefficient (Wildman–Crippen LogP) is 12.6. The predicted molar refractivity (Wildman–Crippen MR) is 196 cm³/mol. The molecule has 4 aromatic rings. The van der Waals surface area contributed by atoms with Gasteiger partial charge in [-0.1, -0.05) is 35.3 Å². The summed E-state index contributed by atoms with van der Waals surface area (Å²) in [5.41, 5.74) is -13.6. The summed E-state index contributed by atoms with van der Waals surface area (Å²) < 4.78 is 225. The number of hydrogen-bond donors (Lipinski definition) is 5. The summed E-state index contributed by atoms with van der Waals surface area (Å²) in [7, 11) is 1.00. The van der Waals surface area contributed by atoms with Crippen LogP contribution >= 0.6 is 39.1 Å². The van der Waals surface area contributed by atoms with E-state index in [0.717, 1.165) is 31.4 Å². The van der Waals surface area contributed by atoms with Crippen molar-refractivity contribution in [3.63, 3.8) is 0 Å². The molecule has 342 valence electrons. The van der Waals surface area contributed by atoms with Crippen LogP contribution in [0, 0.1) is 17.5 Å². The summed E-state index contributed by atoms with van der Waals surface area (Å²) in [4.78, 5) is 24.4. The zero-order chi connectivity index (χ0) is 48.1. The van der Waals surface area contributed by atoms with E-state index in [-0.39, 0.29) is 23.9 Å². The standard InChI is InChI=1S/C18H12BrClF8N2O.C16H8ClF9N2O.CH4O/c1-2-29-12-5-3-4-9(13(12)21)15(31)30-14-10(19)6-8(7-11(14)20)16(22,17(23,24)25)18(26,27)28;17-8-4-6(14(20,15(21,22)23)16(24,25)26)5-9(18)12(8)28-13(29)7-2-1-3-10(27)11(7)19;1-2/h3-7,29H,2H2,1H3,(H,30,31);1-5H,27H2,(H,28,29);2H,1H3. The van der Waals surface area contributed by atoms with Crippen molar-refractivity contribution in [2.45, 2.75) is 43.0 Å². The number of aliphatic hydroxyl groups is 1. The first-order chi connectivity index (χ1) is 28.3. The molecule has 0 fully saturated rings. The molecule has 4 rings (SSSR count). The van der Waals surface area contributed by atoms with Crippen LogP contribution in [0.15, 0.2) is 65.1 Å². The minimum Gasteiger partial charge on any atom is -0.400 e. The number of aliphatic hydroxyl groups excluding tert-OH is 1. The van der Waals surface area contributed by atoms with Gasteiger partial charge in [0.1, 0.15) is 5.82 Å². The number of hydrogen-bond acceptors (Lipinski definition) is 5. The fraction of sp³-hybridized carbons (Fsp3) is 0.257. The lowest BCUT2D eigenvalue weighted by Gasteiger charge is -2.30. The van der Waals surface area contributed by atoms with Gasteiger partial charge in [-0.25, -0.2) is 22.0 Å². The molecule has 4 aromatic carbocycles. The molecule has 0 heterocycles. The lowest BCUT2D eigenvalue weighted by atomic mass is 9.93. The number of nitrogens with two attached hydrogens (primary N) is 1. The molecule has 0 aliphatic rings. The summed E-state index contributed by atoms with van der Waals surface area (Å²) in [5, 5.41) is 11.4. The van der Waals surface area contributed by atoms with Gasteiger partial charge in [-0.05, 0) is 71.4 Å². The Morgan fingerprint density at radius 3 is 1.42 bits per heavy atom. The number of carbonyl (C=O) groups excluding carboxylic acids is 2. The molecular formula is C35H24BrCl2F17N4O3. The van der Waals surface area contributed by atoms with Crippen LogP contribution in [-0.4, -0.2) is 55.3 Å². The van der Waals surface area contributed by atoms with E-state index in [1.165, 1.54) is 12.1 Å². The van der Waals surface area contributed by atoms with Gasteiger partial charge < -0.3 is 26.8 Å². The Balaban J connectivity index is 0.000000411. The van der Waals surface area contributed by atoms with Crippen molar-refractivity contribution in [2.75, 3.05) is 35.3 Å². The van der Waals surface area contributed by atoms with Crippen molar-refractivity contribution in [1.82, 2.24) is 0 Å². The number of carbonyl (C=O) groups is 2. The second kappa shape index (κ2) is 19.7. The quantitative estimate of drug-likeness (QED) is 0.0891. The second-order valence-electron chi connectivity index (χ2n) is 11.8. The van der Waals surface area contributed by atoms with Crippen molar-refractivity contribution in [2.24, 2.45) is 0 Å². The summed E-state index contributed by atoms with van der Waals surface area (Å²) in [6, 6.07) is 6.67. The van der Waals surface area contributed by atoms with Gasteiger partial charge in [0.25, 0.3) is 11.8 Å². The van der Waals surface area contributed by atoms with Crippen molar-refractivity contribution in [3.8, 4) is 0 Å². The first kappa shape index (κ1) is 53.4. The van der Waals surface area contributed by atoms with Gasteiger partial charge in [-0.3, -0.25) is 9.59 Å². The number of rotatable bonds is 8. The van der Waals surface area contributed by atoms with Crippen LogP contribution in [0.1, 0.15) is 38.8 Å². The Morgan fingerprint density at radius 1 is 0.629 bits per heavy atom. The monoisotopic (exact) mass is 1020 g/mol. The van der Waals surface area contributed by atoms with Gasteiger partial charge in [0, 0.05) is 29.3 Å². The van der Waals surface area contributed by atoms with Crippen LogP contribution < -0.4 is 21.7 Å². The van der Waals surface area contributed by atoms with E-state index in [9.17, 15) is 84.2 Å². The number of anilines is 4. The van der Waals surface area contributed by atoms with Crippen LogP contribution in [0.4, 0.5) is 97.4 Å². The van der Waals surface area contributed by atoms with Crippen LogP contribution in [-0.2, 0) is 11.3 Å². The number of alkyl halides is 14. The highest BCUT2D eigenvalue weighted by molar-refractivity contribution is 9.10. The van der Waals surface area contributed by atoms with E-state index >= 15 is 0 Å². The molecule has 0 atom stereocenters. The average molecular weight is 1020 g/mol. The average Bonchev–Trinajstić information content (AvgIpc) is 3.14. The Bertz CT molecular complexity index is 2200. The molecule has 2 amide bonds. The zero-order valence-corrected chi connectivity index (χ0v) is 33.5. The largest absolute Gasteiger partial charge is 0.435 e. The van der Waals surface area contributed by atoms with Gasteiger partial charge >= 0.3 is 36.0 Å². The van der Waals surface area contributed by atoms with Gasteiger partial charge in [0.05, 0.1) is 43.9 Å². The fourth-order valence-electron chi connectivity index (χ4n) is 4.88. The third kappa shape index (κ3) is 10.9. The highest BCUT2D eigenvalue weighted by Gasteiger charge is 2.74. The summed E-state index contributed by atoms with van der Waals surface area (Å²) >= 11 is 13.9. The normalized spacial score (nSPS) is 12.4. The molecule has 7 nitrogen and oxygen atoms in total. The number of benzene rings is 4. The maximum atomic E-state index is 14.4. The molecule has 0 saturated heterocycles. The molecule has 0 radical (unpaired) electrons. The third-order valence-corrected chi connectivity index (χ3v) is 9.02. The van der Waals surface area contributed by atoms with Gasteiger partial charge in [0.15, 0.2) is 11.6 Å². The second-order valence-corrected chi connectivity index (χ2v) is 13.4. The van der Waals surface area contributed by atoms with Crippen LogP contribution in [0.25, 0.3) is 0 Å². The van der Waals surface area contributed by atoms with Crippen molar-refractivity contribution in [3.05, 3.63) is 115 Å². The van der Waals surface area contributed by atoms with Crippen molar-refractivity contribution >= 4 is 73.7 Å². The number of nitrogen functional groups attached to an aromatic ring is 1. The molecule has 0 aliphatic heterocycles. The Morgan fingerprint density at radius 2 is 1.02 bits per heavy atom. The molecular weight excluding hydrogens is 998 g/mol.